The van der Waals surface area contributed by atoms with Crippen LogP contribution < -0.4 is 0 Å². The van der Waals surface area contributed by atoms with Crippen molar-refractivity contribution in [2.75, 3.05) is 0 Å². The summed E-state index contributed by atoms with van der Waals surface area (Å²) in [6.45, 7) is 2.09. The minimum absolute atomic E-state index is 0.0847. The molecule has 1 nitrogen and oxygen atoms in total. The van der Waals surface area contributed by atoms with Crippen molar-refractivity contribution < 1.29 is 4.21 Å². The van der Waals surface area contributed by atoms with Gasteiger partial charge in [0.2, 0.25) is 0 Å². The first-order valence-corrected chi connectivity index (χ1v) is 5.34. The van der Waals surface area contributed by atoms with Gasteiger partial charge >= 0.3 is 0 Å². The third kappa shape index (κ3) is 1.31. The van der Waals surface area contributed by atoms with Crippen molar-refractivity contribution in [3.05, 3.63) is 30.3 Å². The van der Waals surface area contributed by atoms with Crippen molar-refractivity contribution in [3.63, 3.8) is 0 Å². The van der Waals surface area contributed by atoms with Gasteiger partial charge in [0.05, 0.1) is 10.8 Å². The summed E-state index contributed by atoms with van der Waals surface area (Å²) in [7, 11) is -0.790. The molecule has 1 aliphatic carbocycles. The van der Waals surface area contributed by atoms with Crippen LogP contribution in [-0.4, -0.2) is 8.96 Å². The molecule has 1 aliphatic rings. The largest absolute Gasteiger partial charge is 0.254 e. The Balaban J connectivity index is 2.26. The minimum Gasteiger partial charge on any atom is -0.254 e. The second kappa shape index (κ2) is 2.70. The summed E-state index contributed by atoms with van der Waals surface area (Å²) in [6, 6.07) is 9.73. The fraction of sp³-hybridized carbons (Fsp3) is 0.400. The van der Waals surface area contributed by atoms with E-state index in [-0.39, 0.29) is 4.75 Å². The van der Waals surface area contributed by atoms with Crippen LogP contribution in [0.15, 0.2) is 35.2 Å². The molecule has 64 valence electrons. The molecule has 1 fully saturated rings. The van der Waals surface area contributed by atoms with Crippen molar-refractivity contribution in [1.29, 1.82) is 0 Å². The summed E-state index contributed by atoms with van der Waals surface area (Å²) in [5, 5.41) is 0. The fourth-order valence-corrected chi connectivity index (χ4v) is 2.64. The van der Waals surface area contributed by atoms with E-state index < -0.39 is 10.8 Å². The van der Waals surface area contributed by atoms with Crippen molar-refractivity contribution in [2.24, 2.45) is 0 Å². The van der Waals surface area contributed by atoms with E-state index in [0.29, 0.717) is 0 Å². The topological polar surface area (TPSA) is 17.1 Å². The first-order chi connectivity index (χ1) is 5.72. The third-order valence-corrected chi connectivity index (χ3v) is 4.36. The number of hydrogen-bond acceptors (Lipinski definition) is 1. The van der Waals surface area contributed by atoms with Crippen molar-refractivity contribution in [2.45, 2.75) is 29.4 Å². The Hall–Kier alpha value is -0.630. The van der Waals surface area contributed by atoms with Crippen LogP contribution in [0.25, 0.3) is 0 Å². The molecule has 0 aliphatic heterocycles. The maximum absolute atomic E-state index is 11.8. The summed E-state index contributed by atoms with van der Waals surface area (Å²) in [5.41, 5.74) is 0. The quantitative estimate of drug-likeness (QED) is 0.682. The van der Waals surface area contributed by atoms with Gasteiger partial charge in [-0.2, -0.15) is 0 Å². The molecule has 2 rings (SSSR count). The number of hydrogen-bond donors (Lipinski definition) is 0. The average Bonchev–Trinajstić information content (AvgIpc) is 2.85. The fourth-order valence-electron chi connectivity index (χ4n) is 1.19. The minimum atomic E-state index is -0.790. The zero-order chi connectivity index (χ0) is 8.60. The molecule has 0 bridgehead atoms. The average molecular weight is 180 g/mol. The lowest BCUT2D eigenvalue weighted by atomic mass is 10.4. The Morgan fingerprint density at radius 2 is 1.83 bits per heavy atom. The van der Waals surface area contributed by atoms with Crippen LogP contribution in [-0.2, 0) is 10.8 Å². The van der Waals surface area contributed by atoms with Gasteiger partial charge in [0.15, 0.2) is 0 Å². The molecule has 1 unspecified atom stereocenters. The number of benzene rings is 1. The Morgan fingerprint density at radius 1 is 1.25 bits per heavy atom. The Labute approximate surface area is 75.3 Å². The van der Waals surface area contributed by atoms with Crippen LogP contribution in [0.1, 0.15) is 19.8 Å². The van der Waals surface area contributed by atoms with Gasteiger partial charge in [0, 0.05) is 9.64 Å². The summed E-state index contributed by atoms with van der Waals surface area (Å²) in [6.07, 6.45) is 2.21. The molecule has 0 amide bonds. The molecule has 0 N–H and O–H groups in total. The molecule has 12 heavy (non-hydrogen) atoms. The predicted octanol–water partition coefficient (Wildman–Crippen LogP) is 2.35. The lowest BCUT2D eigenvalue weighted by molar-refractivity contribution is 0.672. The SMILES string of the molecule is CC1(S(=O)c2ccccc2)CC1. The van der Waals surface area contributed by atoms with E-state index >= 15 is 0 Å². The van der Waals surface area contributed by atoms with E-state index in [1.165, 1.54) is 0 Å². The van der Waals surface area contributed by atoms with E-state index in [4.69, 9.17) is 0 Å². The third-order valence-electron chi connectivity index (χ3n) is 2.36. The number of rotatable bonds is 2. The summed E-state index contributed by atoms with van der Waals surface area (Å²) < 4.78 is 11.9. The van der Waals surface area contributed by atoms with E-state index in [2.05, 4.69) is 6.92 Å². The van der Waals surface area contributed by atoms with Gasteiger partial charge in [0.1, 0.15) is 0 Å². The molecule has 0 saturated heterocycles. The molecule has 0 heterocycles. The van der Waals surface area contributed by atoms with Gasteiger partial charge in [-0.3, -0.25) is 4.21 Å². The lowest BCUT2D eigenvalue weighted by Crippen LogP contribution is -2.10. The van der Waals surface area contributed by atoms with Gasteiger partial charge < -0.3 is 0 Å². The zero-order valence-corrected chi connectivity index (χ0v) is 7.93. The van der Waals surface area contributed by atoms with Gasteiger partial charge in [-0.15, -0.1) is 0 Å². The van der Waals surface area contributed by atoms with Gasteiger partial charge in [0.25, 0.3) is 0 Å². The molecule has 0 aromatic heterocycles. The highest BCUT2D eigenvalue weighted by Gasteiger charge is 2.44. The highest BCUT2D eigenvalue weighted by atomic mass is 32.2. The van der Waals surface area contributed by atoms with Gasteiger partial charge in [-0.25, -0.2) is 0 Å². The molecule has 1 aromatic carbocycles. The van der Waals surface area contributed by atoms with E-state index in [1.54, 1.807) is 0 Å². The highest BCUT2D eigenvalue weighted by Crippen LogP contribution is 2.43. The van der Waals surface area contributed by atoms with Crippen LogP contribution in [0.4, 0.5) is 0 Å². The van der Waals surface area contributed by atoms with E-state index in [1.807, 2.05) is 30.3 Å². The summed E-state index contributed by atoms with van der Waals surface area (Å²) >= 11 is 0. The second-order valence-electron chi connectivity index (χ2n) is 3.53. The molecule has 0 radical (unpaired) electrons. The monoisotopic (exact) mass is 180 g/mol. The molecule has 1 saturated carbocycles. The smallest absolute Gasteiger partial charge is 0.0589 e. The van der Waals surface area contributed by atoms with Crippen molar-refractivity contribution >= 4 is 10.8 Å². The van der Waals surface area contributed by atoms with Crippen LogP contribution in [0.3, 0.4) is 0 Å². The normalized spacial score (nSPS) is 21.8. The predicted molar refractivity (Wildman–Crippen MR) is 50.5 cm³/mol. The highest BCUT2D eigenvalue weighted by molar-refractivity contribution is 7.86. The molecule has 2 heteroatoms. The van der Waals surface area contributed by atoms with Crippen LogP contribution in [0.2, 0.25) is 0 Å². The molecule has 0 spiro atoms. The standard InChI is InChI=1S/C10H12OS/c1-10(7-8-10)12(11)9-5-3-2-4-6-9/h2-6H,7-8H2,1H3. The zero-order valence-electron chi connectivity index (χ0n) is 7.12. The first-order valence-electron chi connectivity index (χ1n) is 4.19. The van der Waals surface area contributed by atoms with Crippen LogP contribution in [0, 0.1) is 0 Å². The Morgan fingerprint density at radius 3 is 2.33 bits per heavy atom. The maximum Gasteiger partial charge on any atom is 0.0589 e. The maximum atomic E-state index is 11.8. The van der Waals surface area contributed by atoms with E-state index in [0.717, 1.165) is 17.7 Å². The Bertz CT molecular complexity index is 301. The Kier molecular flexibility index (Phi) is 1.80. The van der Waals surface area contributed by atoms with Crippen LogP contribution >= 0.6 is 0 Å². The lowest BCUT2D eigenvalue weighted by Gasteiger charge is -2.07. The molecular weight excluding hydrogens is 168 g/mol. The second-order valence-corrected chi connectivity index (χ2v) is 5.53. The summed E-state index contributed by atoms with van der Waals surface area (Å²) in [5.74, 6) is 0. The van der Waals surface area contributed by atoms with Crippen molar-refractivity contribution in [3.8, 4) is 0 Å². The van der Waals surface area contributed by atoms with Gasteiger partial charge in [-0.1, -0.05) is 18.2 Å². The van der Waals surface area contributed by atoms with Gasteiger partial charge in [-0.05, 0) is 31.9 Å². The van der Waals surface area contributed by atoms with E-state index in [9.17, 15) is 4.21 Å². The van der Waals surface area contributed by atoms with Crippen LogP contribution in [0.5, 0.6) is 0 Å². The first kappa shape index (κ1) is 7.99. The molecule has 1 atom stereocenters. The molecular formula is C10H12OS. The summed E-state index contributed by atoms with van der Waals surface area (Å²) in [4.78, 5) is 0.970. The van der Waals surface area contributed by atoms with Crippen molar-refractivity contribution in [1.82, 2.24) is 0 Å². The molecule has 1 aromatic rings.